The van der Waals surface area contributed by atoms with E-state index in [2.05, 4.69) is 4.99 Å². The van der Waals surface area contributed by atoms with Crippen LogP contribution in [0.5, 0.6) is 0 Å². The number of benzene rings is 1. The van der Waals surface area contributed by atoms with Gasteiger partial charge in [-0.15, -0.1) is 0 Å². The van der Waals surface area contributed by atoms with E-state index in [-0.39, 0.29) is 11.9 Å². The van der Waals surface area contributed by atoms with E-state index in [1.165, 1.54) is 0 Å². The highest BCUT2D eigenvalue weighted by atomic mass is 16.2. The Morgan fingerprint density at radius 2 is 2.20 bits per heavy atom. The Bertz CT molecular complexity index is 476. The van der Waals surface area contributed by atoms with E-state index in [0.29, 0.717) is 12.1 Å². The topological polar surface area (TPSA) is 32.7 Å². The van der Waals surface area contributed by atoms with E-state index in [1.807, 2.05) is 47.5 Å². The van der Waals surface area contributed by atoms with Gasteiger partial charge in [0.2, 0.25) is 0 Å². The molecule has 15 heavy (non-hydrogen) atoms. The molecular weight excluding hydrogens is 188 g/mol. The van der Waals surface area contributed by atoms with Crippen molar-refractivity contribution in [1.82, 2.24) is 4.90 Å². The Labute approximate surface area is 87.7 Å². The zero-order valence-corrected chi connectivity index (χ0v) is 8.13. The maximum Gasteiger partial charge on any atom is 0.257 e. The van der Waals surface area contributed by atoms with Crippen LogP contribution in [0.15, 0.2) is 41.4 Å². The molecule has 3 rings (SSSR count). The quantitative estimate of drug-likeness (QED) is 0.585. The Morgan fingerprint density at radius 3 is 3.13 bits per heavy atom. The van der Waals surface area contributed by atoms with Crippen molar-refractivity contribution in [2.75, 3.05) is 6.54 Å². The minimum atomic E-state index is 0.0323. The number of fused-ring (bicyclic) bond motifs is 2. The number of hydrogen-bond donors (Lipinski definition) is 0. The van der Waals surface area contributed by atoms with Gasteiger partial charge in [-0.05, 0) is 12.1 Å². The average Bonchev–Trinajstić information content (AvgIpc) is 2.69. The van der Waals surface area contributed by atoms with Gasteiger partial charge in [0.25, 0.3) is 5.91 Å². The molecule has 1 aromatic carbocycles. The van der Waals surface area contributed by atoms with Gasteiger partial charge in [-0.1, -0.05) is 24.3 Å². The molecule has 0 bridgehead atoms. The summed E-state index contributed by atoms with van der Waals surface area (Å²) in [5.41, 5.74) is 1.46. The Hall–Kier alpha value is -1.90. The molecule has 0 fully saturated rings. The molecule has 1 aromatic rings. The van der Waals surface area contributed by atoms with Crippen LogP contribution in [0.2, 0.25) is 0 Å². The fourth-order valence-corrected chi connectivity index (χ4v) is 1.97. The van der Waals surface area contributed by atoms with E-state index in [1.54, 1.807) is 0 Å². The molecule has 0 spiro atoms. The maximum absolute atomic E-state index is 12.1. The second-order valence-corrected chi connectivity index (χ2v) is 3.67. The summed E-state index contributed by atoms with van der Waals surface area (Å²) >= 11 is 0. The third-order valence-electron chi connectivity index (χ3n) is 2.76. The summed E-state index contributed by atoms with van der Waals surface area (Å²) < 4.78 is 0. The molecule has 2 aliphatic heterocycles. The monoisotopic (exact) mass is 198 g/mol. The van der Waals surface area contributed by atoms with Gasteiger partial charge in [-0.2, -0.15) is 0 Å². The van der Waals surface area contributed by atoms with Gasteiger partial charge in [0.1, 0.15) is 0 Å². The summed E-state index contributed by atoms with van der Waals surface area (Å²) in [6.45, 7) is 0.684. The molecule has 0 aromatic heterocycles. The summed E-state index contributed by atoms with van der Waals surface area (Å²) in [4.78, 5) is 18.3. The molecule has 1 amide bonds. The molecule has 0 saturated carbocycles. The number of carbonyl (C=O) groups excluding carboxylic acids is 1. The third kappa shape index (κ3) is 1.20. The lowest BCUT2D eigenvalue weighted by atomic mass is 10.1. The van der Waals surface area contributed by atoms with Crippen LogP contribution in [0.4, 0.5) is 5.69 Å². The summed E-state index contributed by atoms with van der Waals surface area (Å²) in [5, 5.41) is 0. The standard InChI is InChI=1S/C12H10N2O/c15-12-10-5-1-2-6-11(10)13-8-9-4-3-7-14(9)12/h1-6,8-9H,7H2. The van der Waals surface area contributed by atoms with Crippen molar-refractivity contribution in [3.63, 3.8) is 0 Å². The van der Waals surface area contributed by atoms with Crippen molar-refractivity contribution in [2.24, 2.45) is 4.99 Å². The SMILES string of the molecule is O=C1c2ccccc2N=CC2C=CCN12. The van der Waals surface area contributed by atoms with Crippen LogP contribution in [-0.4, -0.2) is 29.6 Å². The second kappa shape index (κ2) is 3.05. The Morgan fingerprint density at radius 1 is 1.33 bits per heavy atom. The van der Waals surface area contributed by atoms with Crippen LogP contribution < -0.4 is 0 Å². The zero-order valence-electron chi connectivity index (χ0n) is 8.13. The molecule has 2 aliphatic rings. The highest BCUT2D eigenvalue weighted by Crippen LogP contribution is 2.25. The fraction of sp³-hybridized carbons (Fsp3) is 0.167. The highest BCUT2D eigenvalue weighted by molar-refractivity contribution is 6.03. The number of aliphatic imine (C=N–C) groups is 1. The number of rotatable bonds is 0. The molecule has 0 aliphatic carbocycles. The summed E-state index contributed by atoms with van der Waals surface area (Å²) in [6.07, 6.45) is 5.84. The Balaban J connectivity index is 2.14. The van der Waals surface area contributed by atoms with Crippen LogP contribution >= 0.6 is 0 Å². The Kier molecular flexibility index (Phi) is 1.71. The van der Waals surface area contributed by atoms with Gasteiger partial charge in [-0.3, -0.25) is 9.79 Å². The molecule has 2 heterocycles. The predicted octanol–water partition coefficient (Wildman–Crippen LogP) is 1.78. The highest BCUT2D eigenvalue weighted by Gasteiger charge is 2.27. The number of carbonyl (C=O) groups is 1. The maximum atomic E-state index is 12.1. The van der Waals surface area contributed by atoms with E-state index < -0.39 is 0 Å². The first kappa shape index (κ1) is 8.41. The molecule has 0 saturated heterocycles. The lowest BCUT2D eigenvalue weighted by Gasteiger charge is -2.19. The van der Waals surface area contributed by atoms with Gasteiger partial charge in [0.15, 0.2) is 0 Å². The summed E-state index contributed by atoms with van der Waals surface area (Å²) in [5.74, 6) is 0.0677. The summed E-state index contributed by atoms with van der Waals surface area (Å²) in [6, 6.07) is 7.50. The van der Waals surface area contributed by atoms with Crippen LogP contribution in [0.3, 0.4) is 0 Å². The van der Waals surface area contributed by atoms with Gasteiger partial charge < -0.3 is 4.90 Å². The van der Waals surface area contributed by atoms with Gasteiger partial charge in [0, 0.05) is 12.8 Å². The zero-order chi connectivity index (χ0) is 10.3. The van der Waals surface area contributed by atoms with Gasteiger partial charge >= 0.3 is 0 Å². The molecular formula is C12H10N2O. The second-order valence-electron chi connectivity index (χ2n) is 3.67. The normalized spacial score (nSPS) is 22.5. The smallest absolute Gasteiger partial charge is 0.257 e. The molecule has 0 radical (unpaired) electrons. The minimum absolute atomic E-state index is 0.0323. The van der Waals surface area contributed by atoms with Gasteiger partial charge in [0.05, 0.1) is 17.3 Å². The van der Waals surface area contributed by atoms with Crippen LogP contribution in [0.25, 0.3) is 0 Å². The molecule has 1 unspecified atom stereocenters. The van der Waals surface area contributed by atoms with Crippen LogP contribution in [-0.2, 0) is 0 Å². The lowest BCUT2D eigenvalue weighted by molar-refractivity contribution is 0.0784. The number of hydrogen-bond acceptors (Lipinski definition) is 2. The first-order valence-corrected chi connectivity index (χ1v) is 4.97. The van der Waals surface area contributed by atoms with Crippen molar-refractivity contribution < 1.29 is 4.79 Å². The molecule has 3 nitrogen and oxygen atoms in total. The van der Waals surface area contributed by atoms with E-state index >= 15 is 0 Å². The molecule has 1 atom stereocenters. The van der Waals surface area contributed by atoms with Crippen molar-refractivity contribution in [2.45, 2.75) is 6.04 Å². The van der Waals surface area contributed by atoms with E-state index in [9.17, 15) is 4.79 Å². The van der Waals surface area contributed by atoms with Crippen molar-refractivity contribution in [3.05, 3.63) is 42.0 Å². The lowest BCUT2D eigenvalue weighted by Crippen LogP contribution is -2.35. The third-order valence-corrected chi connectivity index (χ3v) is 2.76. The fourth-order valence-electron chi connectivity index (χ4n) is 1.97. The number of nitrogens with zero attached hydrogens (tertiary/aromatic N) is 2. The first-order chi connectivity index (χ1) is 7.36. The number of amides is 1. The average molecular weight is 198 g/mol. The molecule has 0 N–H and O–H groups in total. The van der Waals surface area contributed by atoms with E-state index in [4.69, 9.17) is 0 Å². The van der Waals surface area contributed by atoms with Crippen molar-refractivity contribution in [3.8, 4) is 0 Å². The van der Waals surface area contributed by atoms with Crippen LogP contribution in [0, 0.1) is 0 Å². The minimum Gasteiger partial charge on any atom is -0.323 e. The van der Waals surface area contributed by atoms with Crippen molar-refractivity contribution >= 4 is 17.8 Å². The molecule has 3 heteroatoms. The first-order valence-electron chi connectivity index (χ1n) is 4.97. The van der Waals surface area contributed by atoms with Gasteiger partial charge in [-0.25, -0.2) is 0 Å². The van der Waals surface area contributed by atoms with Crippen LogP contribution in [0.1, 0.15) is 10.4 Å². The predicted molar refractivity (Wildman–Crippen MR) is 58.6 cm³/mol. The molecule has 74 valence electrons. The summed E-state index contributed by atoms with van der Waals surface area (Å²) in [7, 11) is 0. The number of para-hydroxylation sites is 1. The van der Waals surface area contributed by atoms with Crippen molar-refractivity contribution in [1.29, 1.82) is 0 Å². The van der Waals surface area contributed by atoms with E-state index in [0.717, 1.165) is 5.69 Å². The largest absolute Gasteiger partial charge is 0.323 e.